The number of benzene rings is 1. The maximum absolute atomic E-state index is 12.3. The summed E-state index contributed by atoms with van der Waals surface area (Å²) in [6.07, 6.45) is 11.2. The molecule has 8 nitrogen and oxygen atoms in total. The number of primary amides is 1. The van der Waals surface area contributed by atoms with Crippen LogP contribution in [0.4, 0.5) is 11.4 Å². The third-order valence-corrected chi connectivity index (χ3v) is 4.61. The van der Waals surface area contributed by atoms with Crippen LogP contribution in [-0.4, -0.2) is 39.9 Å². The van der Waals surface area contributed by atoms with Gasteiger partial charge < -0.3 is 16.0 Å². The number of nitrogens with zero attached hydrogens (tertiary/aromatic N) is 4. The van der Waals surface area contributed by atoms with E-state index in [2.05, 4.69) is 31.2 Å². The summed E-state index contributed by atoms with van der Waals surface area (Å²) < 4.78 is 0. The van der Waals surface area contributed by atoms with E-state index >= 15 is 0 Å². The minimum Gasteiger partial charge on any atom is -0.370 e. The summed E-state index contributed by atoms with van der Waals surface area (Å²) in [6, 6.07) is 11.5. The summed E-state index contributed by atoms with van der Waals surface area (Å²) in [5.74, 6) is -0.648. The van der Waals surface area contributed by atoms with E-state index in [9.17, 15) is 9.59 Å². The molecule has 0 spiro atoms. The van der Waals surface area contributed by atoms with E-state index in [4.69, 9.17) is 5.73 Å². The molecule has 2 amide bonds. The van der Waals surface area contributed by atoms with Crippen molar-refractivity contribution >= 4 is 23.2 Å². The molecule has 4 rings (SSSR count). The van der Waals surface area contributed by atoms with Crippen LogP contribution in [0.5, 0.6) is 0 Å². The number of amides is 2. The maximum Gasteiger partial charge on any atom is 0.268 e. The summed E-state index contributed by atoms with van der Waals surface area (Å²) >= 11 is 0. The fourth-order valence-electron chi connectivity index (χ4n) is 3.11. The summed E-state index contributed by atoms with van der Waals surface area (Å²) in [7, 11) is 0. The van der Waals surface area contributed by atoms with Crippen molar-refractivity contribution in [2.75, 3.05) is 23.3 Å². The first-order valence-electron chi connectivity index (χ1n) is 9.76. The van der Waals surface area contributed by atoms with E-state index in [0.717, 1.165) is 24.5 Å². The quantitative estimate of drug-likeness (QED) is 0.691. The minimum absolute atomic E-state index is 0.0955. The summed E-state index contributed by atoms with van der Waals surface area (Å²) in [5, 5.41) is 3.02. The molecule has 0 radical (unpaired) electrons. The van der Waals surface area contributed by atoms with Crippen molar-refractivity contribution in [2.24, 2.45) is 5.73 Å². The number of hydrogen-bond acceptors (Lipinski definition) is 6. The molecular weight excluding hydrogens is 380 g/mol. The Morgan fingerprint density at radius 2 is 1.63 bits per heavy atom. The van der Waals surface area contributed by atoms with Crippen molar-refractivity contribution in [3.05, 3.63) is 78.6 Å². The molecule has 3 aromatic rings. The molecule has 0 aliphatic carbocycles. The number of aromatic nitrogens is 3. The molecule has 3 N–H and O–H groups in total. The first kappa shape index (κ1) is 20.9. The first-order valence-corrected chi connectivity index (χ1v) is 9.76. The lowest BCUT2D eigenvalue weighted by molar-refractivity contribution is 0.0993. The molecule has 1 fully saturated rings. The fourth-order valence-corrected chi connectivity index (χ4v) is 3.11. The third-order valence-electron chi connectivity index (χ3n) is 4.61. The van der Waals surface area contributed by atoms with Gasteiger partial charge in [0, 0.05) is 43.4 Å². The molecule has 0 saturated carbocycles. The molecule has 0 atom stereocenters. The highest BCUT2D eigenvalue weighted by Gasteiger charge is 2.15. The molecular formula is C22H24N6O2. The van der Waals surface area contributed by atoms with E-state index in [1.54, 1.807) is 24.5 Å². The van der Waals surface area contributed by atoms with Crippen molar-refractivity contribution < 1.29 is 9.59 Å². The molecule has 0 bridgehead atoms. The topological polar surface area (TPSA) is 114 Å². The van der Waals surface area contributed by atoms with Crippen LogP contribution < -0.4 is 16.0 Å². The second-order valence-electron chi connectivity index (χ2n) is 6.71. The number of anilines is 2. The van der Waals surface area contributed by atoms with E-state index in [-0.39, 0.29) is 11.6 Å². The Labute approximate surface area is 175 Å². The van der Waals surface area contributed by atoms with Crippen LogP contribution in [0.3, 0.4) is 0 Å². The van der Waals surface area contributed by atoms with Gasteiger partial charge >= 0.3 is 0 Å². The number of carbonyl (C=O) groups excluding carboxylic acids is 2. The standard InChI is InChI=1S/C17H19N3O.C5H5N3O/c21-17(14-8-10-18-11-9-14)19-15-6-2-3-7-16(15)20-12-4-1-5-13-20;6-5(9)4-3-7-1-2-8-4/h2-3,6-11H,1,4-5,12-13H2,(H,19,21);1-3H,(H2,6,9). The van der Waals surface area contributed by atoms with Crippen LogP contribution >= 0.6 is 0 Å². The summed E-state index contributed by atoms with van der Waals surface area (Å²) in [5.41, 5.74) is 7.67. The minimum atomic E-state index is -0.553. The van der Waals surface area contributed by atoms with Gasteiger partial charge in [-0.3, -0.25) is 19.6 Å². The van der Waals surface area contributed by atoms with Gasteiger partial charge in [0.1, 0.15) is 5.69 Å². The number of rotatable bonds is 4. The zero-order chi connectivity index (χ0) is 21.2. The fraction of sp³-hybridized carbons (Fsp3) is 0.227. The van der Waals surface area contributed by atoms with Crippen molar-refractivity contribution in [3.8, 4) is 0 Å². The second kappa shape index (κ2) is 10.7. The highest BCUT2D eigenvalue weighted by atomic mass is 16.2. The van der Waals surface area contributed by atoms with Gasteiger partial charge in [-0.2, -0.15) is 0 Å². The van der Waals surface area contributed by atoms with Crippen LogP contribution in [0.15, 0.2) is 67.4 Å². The molecule has 1 saturated heterocycles. The predicted octanol–water partition coefficient (Wildman–Crippen LogP) is 2.90. The van der Waals surface area contributed by atoms with E-state index in [1.165, 1.54) is 37.9 Å². The van der Waals surface area contributed by atoms with Crippen LogP contribution in [0.25, 0.3) is 0 Å². The van der Waals surface area contributed by atoms with Crippen molar-refractivity contribution in [3.63, 3.8) is 0 Å². The van der Waals surface area contributed by atoms with E-state index < -0.39 is 5.91 Å². The van der Waals surface area contributed by atoms with Crippen molar-refractivity contribution in [1.29, 1.82) is 0 Å². The third kappa shape index (κ3) is 5.84. The van der Waals surface area contributed by atoms with E-state index in [0.29, 0.717) is 5.56 Å². The van der Waals surface area contributed by atoms with Crippen LogP contribution in [0, 0.1) is 0 Å². The molecule has 1 aliphatic rings. The predicted molar refractivity (Wildman–Crippen MR) is 115 cm³/mol. The SMILES string of the molecule is NC(=O)c1cnccn1.O=C(Nc1ccccc1N1CCCCC1)c1ccncc1. The Hall–Kier alpha value is -3.81. The average molecular weight is 404 g/mol. The van der Waals surface area contributed by atoms with Gasteiger partial charge in [0.2, 0.25) is 0 Å². The van der Waals surface area contributed by atoms with Crippen molar-refractivity contribution in [2.45, 2.75) is 19.3 Å². The van der Waals surface area contributed by atoms with Gasteiger partial charge in [-0.1, -0.05) is 12.1 Å². The number of para-hydroxylation sites is 2. The van der Waals surface area contributed by atoms with Gasteiger partial charge in [-0.15, -0.1) is 0 Å². The number of nitrogens with two attached hydrogens (primary N) is 1. The molecule has 30 heavy (non-hydrogen) atoms. The molecule has 1 aliphatic heterocycles. The Kier molecular flexibility index (Phi) is 7.43. The second-order valence-corrected chi connectivity index (χ2v) is 6.71. The largest absolute Gasteiger partial charge is 0.370 e. The maximum atomic E-state index is 12.3. The molecule has 2 aromatic heterocycles. The van der Waals surface area contributed by atoms with E-state index in [1.807, 2.05) is 18.2 Å². The Bertz CT molecular complexity index is 960. The monoisotopic (exact) mass is 404 g/mol. The Morgan fingerprint density at radius 1 is 0.900 bits per heavy atom. The highest BCUT2D eigenvalue weighted by molar-refractivity contribution is 6.05. The van der Waals surface area contributed by atoms with Gasteiger partial charge in [-0.05, 0) is 43.5 Å². The number of pyridine rings is 1. The normalized spacial score (nSPS) is 13.0. The van der Waals surface area contributed by atoms with Gasteiger partial charge in [0.05, 0.1) is 17.6 Å². The molecule has 3 heterocycles. The molecule has 8 heteroatoms. The van der Waals surface area contributed by atoms with Crippen molar-refractivity contribution in [1.82, 2.24) is 15.0 Å². The zero-order valence-corrected chi connectivity index (χ0v) is 16.6. The number of carbonyl (C=O) groups is 2. The number of hydrogen-bond donors (Lipinski definition) is 2. The molecule has 0 unspecified atom stereocenters. The Balaban J connectivity index is 0.000000239. The summed E-state index contributed by atoms with van der Waals surface area (Å²) in [4.78, 5) is 36.2. The lowest BCUT2D eigenvalue weighted by atomic mass is 10.1. The lowest BCUT2D eigenvalue weighted by Crippen LogP contribution is -2.30. The van der Waals surface area contributed by atoms with Crippen LogP contribution in [-0.2, 0) is 0 Å². The number of piperidine rings is 1. The van der Waals surface area contributed by atoms with Gasteiger partial charge in [0.15, 0.2) is 0 Å². The number of nitrogens with one attached hydrogen (secondary N) is 1. The Morgan fingerprint density at radius 3 is 2.27 bits per heavy atom. The first-order chi connectivity index (χ1) is 14.6. The highest BCUT2D eigenvalue weighted by Crippen LogP contribution is 2.28. The van der Waals surface area contributed by atoms with Crippen LogP contribution in [0.1, 0.15) is 40.1 Å². The molecule has 1 aromatic carbocycles. The average Bonchev–Trinajstić information content (AvgIpc) is 2.81. The molecule has 154 valence electrons. The smallest absolute Gasteiger partial charge is 0.268 e. The van der Waals surface area contributed by atoms with Gasteiger partial charge in [0.25, 0.3) is 11.8 Å². The summed E-state index contributed by atoms with van der Waals surface area (Å²) in [6.45, 7) is 2.12. The van der Waals surface area contributed by atoms with Gasteiger partial charge in [-0.25, -0.2) is 4.98 Å². The van der Waals surface area contributed by atoms with Crippen LogP contribution in [0.2, 0.25) is 0 Å². The lowest BCUT2D eigenvalue weighted by Gasteiger charge is -2.30. The zero-order valence-electron chi connectivity index (χ0n) is 16.6.